The van der Waals surface area contributed by atoms with Crippen LogP contribution in [0.1, 0.15) is 55.2 Å². The Labute approximate surface area is 124 Å². The summed E-state index contributed by atoms with van der Waals surface area (Å²) in [4.78, 5) is 1.26. The van der Waals surface area contributed by atoms with E-state index in [1.54, 1.807) is 11.3 Å². The molecule has 4 atom stereocenters. The van der Waals surface area contributed by atoms with E-state index < -0.39 is 0 Å². The molecule has 18 heavy (non-hydrogen) atoms. The second-order valence-electron chi connectivity index (χ2n) is 5.92. The van der Waals surface area contributed by atoms with E-state index in [0.717, 1.165) is 16.2 Å². The van der Waals surface area contributed by atoms with E-state index in [2.05, 4.69) is 6.07 Å². The number of hydrogen-bond donors (Lipinski definition) is 0. The van der Waals surface area contributed by atoms with E-state index in [-0.39, 0.29) is 5.38 Å². The molecule has 0 radical (unpaired) electrons. The minimum atomic E-state index is 0.186. The van der Waals surface area contributed by atoms with Gasteiger partial charge >= 0.3 is 0 Å². The van der Waals surface area contributed by atoms with Crippen molar-refractivity contribution in [2.24, 2.45) is 17.8 Å². The van der Waals surface area contributed by atoms with Crippen LogP contribution in [0.4, 0.5) is 0 Å². The first-order valence-corrected chi connectivity index (χ1v) is 8.76. The molecular formula is C15H20Cl2S. The number of hydrogen-bond acceptors (Lipinski definition) is 1. The lowest BCUT2D eigenvalue weighted by Gasteiger charge is -2.40. The molecule has 2 saturated carbocycles. The van der Waals surface area contributed by atoms with E-state index in [4.69, 9.17) is 23.2 Å². The van der Waals surface area contributed by atoms with Crippen LogP contribution in [-0.2, 0) is 0 Å². The van der Waals surface area contributed by atoms with Crippen molar-refractivity contribution >= 4 is 34.5 Å². The highest BCUT2D eigenvalue weighted by Crippen LogP contribution is 2.49. The average molecular weight is 303 g/mol. The molecular weight excluding hydrogens is 283 g/mol. The van der Waals surface area contributed by atoms with Crippen molar-refractivity contribution in [3.8, 4) is 0 Å². The fourth-order valence-corrected chi connectivity index (χ4v) is 5.45. The molecule has 1 heterocycles. The largest absolute Gasteiger partial charge is 0.127 e. The van der Waals surface area contributed by atoms with E-state index in [1.165, 1.54) is 49.8 Å². The van der Waals surface area contributed by atoms with Crippen LogP contribution in [0, 0.1) is 17.8 Å². The van der Waals surface area contributed by atoms with Gasteiger partial charge in [-0.2, -0.15) is 0 Å². The molecule has 0 N–H and O–H groups in total. The number of alkyl halides is 1. The zero-order valence-corrected chi connectivity index (χ0v) is 12.9. The first kappa shape index (κ1) is 13.3. The molecule has 0 amide bonds. The highest BCUT2D eigenvalue weighted by atomic mass is 35.5. The van der Waals surface area contributed by atoms with Gasteiger partial charge in [0.1, 0.15) is 0 Å². The Bertz CT molecular complexity index is 401. The van der Waals surface area contributed by atoms with Crippen LogP contribution in [-0.4, -0.2) is 0 Å². The normalized spacial score (nSPS) is 34.0. The molecule has 0 aliphatic heterocycles. The van der Waals surface area contributed by atoms with Crippen LogP contribution in [0.2, 0.25) is 4.34 Å². The maximum atomic E-state index is 6.68. The highest BCUT2D eigenvalue weighted by Gasteiger charge is 2.35. The summed E-state index contributed by atoms with van der Waals surface area (Å²) in [5, 5.41) is 0.186. The first-order chi connectivity index (χ1) is 8.74. The summed E-state index contributed by atoms with van der Waals surface area (Å²) in [5.41, 5.74) is 0. The maximum Gasteiger partial charge on any atom is 0.0931 e. The topological polar surface area (TPSA) is 0 Å². The summed E-state index contributed by atoms with van der Waals surface area (Å²) >= 11 is 14.3. The zero-order chi connectivity index (χ0) is 12.5. The van der Waals surface area contributed by atoms with Crippen LogP contribution in [0.15, 0.2) is 12.1 Å². The fourth-order valence-electron chi connectivity index (χ4n) is 3.88. The molecule has 2 fully saturated rings. The van der Waals surface area contributed by atoms with E-state index >= 15 is 0 Å². The third kappa shape index (κ3) is 2.73. The van der Waals surface area contributed by atoms with Gasteiger partial charge in [-0.1, -0.05) is 37.3 Å². The van der Waals surface area contributed by atoms with Crippen LogP contribution in [0.25, 0.3) is 0 Å². The summed E-state index contributed by atoms with van der Waals surface area (Å²) in [6.45, 7) is 0. The van der Waals surface area contributed by atoms with Gasteiger partial charge in [-0.05, 0) is 49.1 Å². The van der Waals surface area contributed by atoms with E-state index in [0.29, 0.717) is 5.92 Å². The third-order valence-electron chi connectivity index (χ3n) is 4.86. The van der Waals surface area contributed by atoms with E-state index in [9.17, 15) is 0 Å². The van der Waals surface area contributed by atoms with Crippen LogP contribution in [0.5, 0.6) is 0 Å². The lowest BCUT2D eigenvalue weighted by atomic mass is 9.67. The smallest absolute Gasteiger partial charge is 0.0931 e. The molecule has 2 aliphatic rings. The van der Waals surface area contributed by atoms with Crippen LogP contribution >= 0.6 is 34.5 Å². The van der Waals surface area contributed by atoms with Gasteiger partial charge < -0.3 is 0 Å². The summed E-state index contributed by atoms with van der Waals surface area (Å²) in [5.74, 6) is 2.63. The molecule has 0 aromatic carbocycles. The Balaban J connectivity index is 1.66. The van der Waals surface area contributed by atoms with Crippen molar-refractivity contribution in [1.29, 1.82) is 0 Å². The van der Waals surface area contributed by atoms with Gasteiger partial charge in [0.15, 0.2) is 0 Å². The average Bonchev–Trinajstić information content (AvgIpc) is 2.84. The second-order valence-corrected chi connectivity index (χ2v) is 8.14. The van der Waals surface area contributed by atoms with E-state index in [1.807, 2.05) is 6.07 Å². The molecule has 1 aromatic rings. The van der Waals surface area contributed by atoms with Gasteiger partial charge in [-0.25, -0.2) is 0 Å². The first-order valence-electron chi connectivity index (χ1n) is 7.13. The Morgan fingerprint density at radius 3 is 2.56 bits per heavy atom. The number of thiophene rings is 1. The van der Waals surface area contributed by atoms with Crippen molar-refractivity contribution in [3.05, 3.63) is 21.3 Å². The minimum Gasteiger partial charge on any atom is -0.127 e. The Kier molecular flexibility index (Phi) is 4.22. The van der Waals surface area contributed by atoms with Gasteiger partial charge in [0, 0.05) is 4.88 Å². The molecule has 0 bridgehead atoms. The molecule has 3 heteroatoms. The standard InChI is InChI=1S/C15H20Cl2S/c16-14-8-7-13(18-14)15(17)12-6-5-10-3-1-2-4-11(10)9-12/h7-8,10-12,15H,1-6,9H2. The predicted octanol–water partition coefficient (Wildman–Crippen LogP) is 6.29. The Morgan fingerprint density at radius 1 is 1.06 bits per heavy atom. The summed E-state index contributed by atoms with van der Waals surface area (Å²) in [6.07, 6.45) is 9.85. The fraction of sp³-hybridized carbons (Fsp3) is 0.733. The van der Waals surface area contributed by atoms with Crippen LogP contribution in [0.3, 0.4) is 0 Å². The van der Waals surface area contributed by atoms with Crippen molar-refractivity contribution < 1.29 is 0 Å². The SMILES string of the molecule is Clc1ccc(C(Cl)C2CCC3CCCCC3C2)s1. The summed E-state index contributed by atoms with van der Waals surface area (Å²) in [6, 6.07) is 4.08. The summed E-state index contributed by atoms with van der Waals surface area (Å²) < 4.78 is 0.863. The molecule has 2 aliphatic carbocycles. The molecule has 100 valence electrons. The Morgan fingerprint density at radius 2 is 1.83 bits per heavy atom. The lowest BCUT2D eigenvalue weighted by molar-refractivity contribution is 0.128. The van der Waals surface area contributed by atoms with Gasteiger partial charge in [0.25, 0.3) is 0 Å². The number of rotatable bonds is 2. The Hall–Kier alpha value is 0.280. The highest BCUT2D eigenvalue weighted by molar-refractivity contribution is 7.16. The lowest BCUT2D eigenvalue weighted by Crippen LogP contribution is -2.29. The van der Waals surface area contributed by atoms with Gasteiger partial charge in [-0.3, -0.25) is 0 Å². The van der Waals surface area contributed by atoms with Gasteiger partial charge in [-0.15, -0.1) is 22.9 Å². The monoisotopic (exact) mass is 302 g/mol. The predicted molar refractivity (Wildman–Crippen MR) is 80.7 cm³/mol. The van der Waals surface area contributed by atoms with Gasteiger partial charge in [0.05, 0.1) is 9.71 Å². The van der Waals surface area contributed by atoms with Crippen LogP contribution < -0.4 is 0 Å². The molecule has 4 unspecified atom stereocenters. The molecule has 1 aromatic heterocycles. The number of fused-ring (bicyclic) bond motifs is 1. The quantitative estimate of drug-likeness (QED) is 0.563. The molecule has 0 saturated heterocycles. The zero-order valence-electron chi connectivity index (χ0n) is 10.6. The minimum absolute atomic E-state index is 0.186. The van der Waals surface area contributed by atoms with Crippen molar-refractivity contribution in [2.75, 3.05) is 0 Å². The van der Waals surface area contributed by atoms with Crippen molar-refractivity contribution in [1.82, 2.24) is 0 Å². The third-order valence-corrected chi connectivity index (χ3v) is 6.89. The maximum absolute atomic E-state index is 6.68. The van der Waals surface area contributed by atoms with Gasteiger partial charge in [0.2, 0.25) is 0 Å². The van der Waals surface area contributed by atoms with Crippen molar-refractivity contribution in [3.63, 3.8) is 0 Å². The van der Waals surface area contributed by atoms with Crippen molar-refractivity contribution in [2.45, 2.75) is 50.3 Å². The summed E-state index contributed by atoms with van der Waals surface area (Å²) in [7, 11) is 0. The number of halogens is 2. The second kappa shape index (κ2) is 5.73. The molecule has 3 rings (SSSR count). The molecule has 0 nitrogen and oxygen atoms in total. The molecule has 0 spiro atoms.